The van der Waals surface area contributed by atoms with Crippen molar-refractivity contribution in [1.82, 2.24) is 4.90 Å². The summed E-state index contributed by atoms with van der Waals surface area (Å²) in [6, 6.07) is 7.70. The molecule has 0 aliphatic carbocycles. The van der Waals surface area contributed by atoms with E-state index in [1.165, 1.54) is 0 Å². The summed E-state index contributed by atoms with van der Waals surface area (Å²) in [5, 5.41) is 19.3. The summed E-state index contributed by atoms with van der Waals surface area (Å²) in [6.07, 6.45) is -0.662. The lowest BCUT2D eigenvalue weighted by atomic mass is 10.1. The molecule has 1 heterocycles. The van der Waals surface area contributed by atoms with E-state index in [1.807, 2.05) is 24.3 Å². The van der Waals surface area contributed by atoms with Gasteiger partial charge in [0, 0.05) is 26.2 Å². The molecule has 5 nitrogen and oxygen atoms in total. The van der Waals surface area contributed by atoms with Crippen LogP contribution >= 0.6 is 0 Å². The van der Waals surface area contributed by atoms with Crippen molar-refractivity contribution in [2.24, 2.45) is 5.73 Å². The Hall–Kier alpha value is -0.980. The average molecular weight is 266 g/mol. The highest BCUT2D eigenvalue weighted by atomic mass is 16.5. The van der Waals surface area contributed by atoms with Crippen LogP contribution in [0.4, 0.5) is 0 Å². The van der Waals surface area contributed by atoms with Crippen LogP contribution in [0.3, 0.4) is 0 Å². The minimum Gasteiger partial charge on any atom is -0.394 e. The van der Waals surface area contributed by atoms with E-state index in [-0.39, 0.29) is 12.7 Å². The van der Waals surface area contributed by atoms with Gasteiger partial charge in [-0.05, 0) is 11.1 Å². The van der Waals surface area contributed by atoms with Crippen LogP contribution < -0.4 is 5.73 Å². The van der Waals surface area contributed by atoms with Gasteiger partial charge in [-0.25, -0.2) is 0 Å². The third-order valence-electron chi connectivity index (χ3n) is 3.46. The number of morpholine rings is 1. The second kappa shape index (κ2) is 6.98. The fourth-order valence-corrected chi connectivity index (χ4v) is 2.28. The summed E-state index contributed by atoms with van der Waals surface area (Å²) < 4.78 is 5.39. The van der Waals surface area contributed by atoms with E-state index in [1.54, 1.807) is 0 Å². The molecule has 0 bridgehead atoms. The summed E-state index contributed by atoms with van der Waals surface area (Å²) >= 11 is 0. The van der Waals surface area contributed by atoms with E-state index in [0.29, 0.717) is 26.2 Å². The summed E-state index contributed by atoms with van der Waals surface area (Å²) in [7, 11) is 0. The number of benzene rings is 1. The molecule has 1 saturated heterocycles. The van der Waals surface area contributed by atoms with Gasteiger partial charge in [0.05, 0.1) is 25.4 Å². The van der Waals surface area contributed by atoms with Gasteiger partial charge in [-0.15, -0.1) is 0 Å². The van der Waals surface area contributed by atoms with Gasteiger partial charge in [0.1, 0.15) is 0 Å². The van der Waals surface area contributed by atoms with Gasteiger partial charge in [0.15, 0.2) is 0 Å². The number of β-amino-alcohol motifs (C(OH)–C–C–N with tert-alkyl or cyclic N) is 1. The Labute approximate surface area is 113 Å². The normalized spacial score (nSPS) is 22.4. The van der Waals surface area contributed by atoms with Gasteiger partial charge in [0.2, 0.25) is 0 Å². The van der Waals surface area contributed by atoms with Crippen molar-refractivity contribution in [2.75, 3.05) is 32.8 Å². The van der Waals surface area contributed by atoms with Crippen molar-refractivity contribution in [2.45, 2.75) is 18.8 Å². The van der Waals surface area contributed by atoms with Gasteiger partial charge in [-0.1, -0.05) is 24.3 Å². The maximum atomic E-state index is 10.2. The minimum atomic E-state index is -0.524. The fraction of sp³-hybridized carbons (Fsp3) is 0.571. The van der Waals surface area contributed by atoms with E-state index in [9.17, 15) is 5.11 Å². The molecule has 19 heavy (non-hydrogen) atoms. The van der Waals surface area contributed by atoms with Crippen LogP contribution in [0.2, 0.25) is 0 Å². The fourth-order valence-electron chi connectivity index (χ4n) is 2.28. The van der Waals surface area contributed by atoms with E-state index in [2.05, 4.69) is 4.90 Å². The molecule has 2 unspecified atom stereocenters. The molecule has 0 amide bonds. The molecular formula is C14H22N2O3. The smallest absolute Gasteiger partial charge is 0.0932 e. The van der Waals surface area contributed by atoms with Crippen LogP contribution in [0.1, 0.15) is 17.2 Å². The molecule has 1 aliphatic heterocycles. The highest BCUT2D eigenvalue weighted by Gasteiger charge is 2.22. The van der Waals surface area contributed by atoms with Crippen molar-refractivity contribution < 1.29 is 14.9 Å². The number of aliphatic hydroxyl groups excluding tert-OH is 2. The van der Waals surface area contributed by atoms with Crippen LogP contribution in [-0.4, -0.2) is 54.1 Å². The predicted molar refractivity (Wildman–Crippen MR) is 72.6 cm³/mol. The van der Waals surface area contributed by atoms with Crippen LogP contribution in [0.5, 0.6) is 0 Å². The molecule has 0 spiro atoms. The monoisotopic (exact) mass is 266 g/mol. The Morgan fingerprint density at radius 2 is 2.11 bits per heavy atom. The Morgan fingerprint density at radius 1 is 1.37 bits per heavy atom. The first-order valence-corrected chi connectivity index (χ1v) is 6.64. The number of hydrogen-bond acceptors (Lipinski definition) is 5. The second-order valence-electron chi connectivity index (χ2n) is 4.90. The molecule has 2 rings (SSSR count). The first-order valence-electron chi connectivity index (χ1n) is 6.64. The van der Waals surface area contributed by atoms with Crippen LogP contribution in [-0.2, 0) is 11.3 Å². The summed E-state index contributed by atoms with van der Waals surface area (Å²) in [6.45, 7) is 3.14. The number of hydrogen-bond donors (Lipinski definition) is 3. The van der Waals surface area contributed by atoms with Crippen molar-refractivity contribution in [3.63, 3.8) is 0 Å². The molecule has 1 aliphatic rings. The van der Waals surface area contributed by atoms with Crippen molar-refractivity contribution in [3.8, 4) is 0 Å². The molecule has 1 aromatic carbocycles. The van der Waals surface area contributed by atoms with Gasteiger partial charge in [-0.3, -0.25) is 4.90 Å². The number of aliphatic hydroxyl groups is 2. The van der Waals surface area contributed by atoms with E-state index in [4.69, 9.17) is 15.6 Å². The molecule has 0 saturated carbocycles. The highest BCUT2D eigenvalue weighted by Crippen LogP contribution is 2.16. The first-order chi connectivity index (χ1) is 9.22. The lowest BCUT2D eigenvalue weighted by molar-refractivity contribution is -0.0618. The zero-order chi connectivity index (χ0) is 13.7. The zero-order valence-electron chi connectivity index (χ0n) is 11.0. The molecule has 0 aromatic heterocycles. The Kier molecular flexibility index (Phi) is 5.30. The van der Waals surface area contributed by atoms with Crippen LogP contribution in [0.15, 0.2) is 24.3 Å². The molecule has 2 atom stereocenters. The molecule has 0 radical (unpaired) electrons. The third-order valence-corrected chi connectivity index (χ3v) is 3.46. The van der Waals surface area contributed by atoms with Crippen molar-refractivity contribution >= 4 is 0 Å². The highest BCUT2D eigenvalue weighted by molar-refractivity contribution is 5.24. The number of rotatable bonds is 5. The number of nitrogens with two attached hydrogens (primary N) is 1. The molecule has 4 N–H and O–H groups in total. The molecule has 1 fully saturated rings. The van der Waals surface area contributed by atoms with E-state index < -0.39 is 6.10 Å². The van der Waals surface area contributed by atoms with Crippen molar-refractivity contribution in [3.05, 3.63) is 35.4 Å². The van der Waals surface area contributed by atoms with Crippen molar-refractivity contribution in [1.29, 1.82) is 0 Å². The molecule has 5 heteroatoms. The van der Waals surface area contributed by atoms with Crippen LogP contribution in [0, 0.1) is 0 Å². The first kappa shape index (κ1) is 14.4. The average Bonchev–Trinajstić information content (AvgIpc) is 2.47. The standard InChI is InChI=1S/C14H22N2O3/c15-7-11-1-3-12(4-2-11)14(18)9-16-5-6-19-13(8-16)10-17/h1-4,13-14,17-18H,5-10,15H2. The summed E-state index contributed by atoms with van der Waals surface area (Å²) in [5.41, 5.74) is 7.50. The number of ether oxygens (including phenoxy) is 1. The van der Waals surface area contributed by atoms with Crippen LogP contribution in [0.25, 0.3) is 0 Å². The zero-order valence-corrected chi connectivity index (χ0v) is 11.0. The third kappa shape index (κ3) is 3.99. The lowest BCUT2D eigenvalue weighted by Crippen LogP contribution is -2.45. The molecule has 106 valence electrons. The Bertz CT molecular complexity index is 383. The molecular weight excluding hydrogens is 244 g/mol. The van der Waals surface area contributed by atoms with Gasteiger partial charge >= 0.3 is 0 Å². The minimum absolute atomic E-state index is 0.0256. The summed E-state index contributed by atoms with van der Waals surface area (Å²) in [5.74, 6) is 0. The van der Waals surface area contributed by atoms with Gasteiger partial charge < -0.3 is 20.7 Å². The quantitative estimate of drug-likeness (QED) is 0.692. The summed E-state index contributed by atoms with van der Waals surface area (Å²) in [4.78, 5) is 2.12. The van der Waals surface area contributed by atoms with Gasteiger partial charge in [0.25, 0.3) is 0 Å². The number of nitrogens with zero attached hydrogens (tertiary/aromatic N) is 1. The maximum Gasteiger partial charge on any atom is 0.0932 e. The Balaban J connectivity index is 1.90. The lowest BCUT2D eigenvalue weighted by Gasteiger charge is -2.33. The van der Waals surface area contributed by atoms with Gasteiger partial charge in [-0.2, -0.15) is 0 Å². The SMILES string of the molecule is NCc1ccc(C(O)CN2CCOC(CO)C2)cc1. The largest absolute Gasteiger partial charge is 0.394 e. The topological polar surface area (TPSA) is 79.0 Å². The second-order valence-corrected chi connectivity index (χ2v) is 4.90. The predicted octanol–water partition coefficient (Wildman–Crippen LogP) is -0.128. The molecule has 1 aromatic rings. The Morgan fingerprint density at radius 3 is 2.74 bits per heavy atom. The van der Waals surface area contributed by atoms with E-state index in [0.717, 1.165) is 17.7 Å². The van der Waals surface area contributed by atoms with E-state index >= 15 is 0 Å². The maximum absolute atomic E-state index is 10.2.